The van der Waals surface area contributed by atoms with Crippen molar-refractivity contribution in [2.24, 2.45) is 0 Å². The van der Waals surface area contributed by atoms with Gasteiger partial charge in [-0.15, -0.1) is 0 Å². The summed E-state index contributed by atoms with van der Waals surface area (Å²) in [7, 11) is 3.81. The van der Waals surface area contributed by atoms with Crippen LogP contribution in [0.4, 0.5) is 5.69 Å². The number of nitrogens with one attached hydrogen (secondary N) is 1. The number of rotatable bonds is 1. The lowest BCUT2D eigenvalue weighted by Crippen LogP contribution is -2.08. The molecule has 0 spiro atoms. The Morgan fingerprint density at radius 2 is 2.08 bits per heavy atom. The lowest BCUT2D eigenvalue weighted by Gasteiger charge is -2.13. The molecular weight excluding hydrogens is 164 g/mol. The SMILES string of the molecule is CN(C)c1cc2[nH]ccc2cc1O. The predicted octanol–water partition coefficient (Wildman–Crippen LogP) is 1.94. The van der Waals surface area contributed by atoms with E-state index in [1.165, 1.54) is 0 Å². The molecule has 0 saturated heterocycles. The normalized spacial score (nSPS) is 10.6. The number of anilines is 1. The van der Waals surface area contributed by atoms with E-state index in [2.05, 4.69) is 4.98 Å². The summed E-state index contributed by atoms with van der Waals surface area (Å²) in [6, 6.07) is 5.64. The molecule has 0 amide bonds. The van der Waals surface area contributed by atoms with Gasteiger partial charge in [0.25, 0.3) is 0 Å². The van der Waals surface area contributed by atoms with Crippen LogP contribution in [0.3, 0.4) is 0 Å². The lowest BCUT2D eigenvalue weighted by atomic mass is 10.2. The first-order chi connectivity index (χ1) is 6.18. The molecule has 0 radical (unpaired) electrons. The van der Waals surface area contributed by atoms with Crippen LogP contribution in [0.2, 0.25) is 0 Å². The molecule has 0 unspecified atom stereocenters. The second kappa shape index (κ2) is 2.69. The van der Waals surface area contributed by atoms with Gasteiger partial charge in [0.15, 0.2) is 0 Å². The Morgan fingerprint density at radius 3 is 2.77 bits per heavy atom. The summed E-state index contributed by atoms with van der Waals surface area (Å²) in [5.74, 6) is 0.317. The molecule has 1 aromatic carbocycles. The number of aromatic hydroxyl groups is 1. The molecule has 1 heterocycles. The van der Waals surface area contributed by atoms with E-state index in [1.807, 2.05) is 37.3 Å². The van der Waals surface area contributed by atoms with Crippen LogP contribution in [0.5, 0.6) is 5.75 Å². The minimum absolute atomic E-state index is 0.317. The van der Waals surface area contributed by atoms with Gasteiger partial charge in [0, 0.05) is 31.2 Å². The standard InChI is InChI=1S/C10H12N2O/c1-12(2)9-6-8-7(3-4-11-8)5-10(9)13/h3-6,11,13H,1-2H3. The third-order valence-electron chi connectivity index (χ3n) is 2.13. The fraction of sp³-hybridized carbons (Fsp3) is 0.200. The molecule has 3 heteroatoms. The highest BCUT2D eigenvalue weighted by Gasteiger charge is 2.05. The number of hydrogen-bond donors (Lipinski definition) is 2. The Bertz CT molecular complexity index is 431. The predicted molar refractivity (Wildman–Crippen MR) is 54.3 cm³/mol. The summed E-state index contributed by atoms with van der Waals surface area (Å²) in [4.78, 5) is 4.99. The minimum atomic E-state index is 0.317. The molecule has 3 nitrogen and oxygen atoms in total. The molecule has 0 bridgehead atoms. The van der Waals surface area contributed by atoms with Crippen LogP contribution in [0, 0.1) is 0 Å². The zero-order chi connectivity index (χ0) is 9.42. The number of nitrogens with zero attached hydrogens (tertiary/aromatic N) is 1. The fourth-order valence-corrected chi connectivity index (χ4v) is 1.44. The van der Waals surface area contributed by atoms with E-state index >= 15 is 0 Å². The van der Waals surface area contributed by atoms with Gasteiger partial charge in [0.05, 0.1) is 5.69 Å². The summed E-state index contributed by atoms with van der Waals surface area (Å²) < 4.78 is 0. The second-order valence-corrected chi connectivity index (χ2v) is 3.30. The largest absolute Gasteiger partial charge is 0.506 e. The Labute approximate surface area is 76.6 Å². The molecule has 0 atom stereocenters. The van der Waals surface area contributed by atoms with Crippen LogP contribution < -0.4 is 4.90 Å². The van der Waals surface area contributed by atoms with Crippen molar-refractivity contribution in [3.05, 3.63) is 24.4 Å². The van der Waals surface area contributed by atoms with Crippen LogP contribution >= 0.6 is 0 Å². The maximum Gasteiger partial charge on any atom is 0.139 e. The van der Waals surface area contributed by atoms with E-state index in [4.69, 9.17) is 0 Å². The van der Waals surface area contributed by atoms with Crippen molar-refractivity contribution in [3.8, 4) is 5.75 Å². The van der Waals surface area contributed by atoms with Gasteiger partial charge >= 0.3 is 0 Å². The van der Waals surface area contributed by atoms with Crippen molar-refractivity contribution < 1.29 is 5.11 Å². The Kier molecular flexibility index (Phi) is 1.65. The second-order valence-electron chi connectivity index (χ2n) is 3.30. The first kappa shape index (κ1) is 7.98. The summed E-state index contributed by atoms with van der Waals surface area (Å²) in [5.41, 5.74) is 1.87. The molecule has 0 saturated carbocycles. The van der Waals surface area contributed by atoms with Gasteiger partial charge in [-0.2, -0.15) is 0 Å². The van der Waals surface area contributed by atoms with Gasteiger partial charge in [0.2, 0.25) is 0 Å². The highest BCUT2D eigenvalue weighted by Crippen LogP contribution is 2.30. The lowest BCUT2D eigenvalue weighted by molar-refractivity contribution is 0.476. The quantitative estimate of drug-likeness (QED) is 0.697. The molecule has 13 heavy (non-hydrogen) atoms. The van der Waals surface area contributed by atoms with Crippen molar-refractivity contribution in [2.45, 2.75) is 0 Å². The number of benzene rings is 1. The molecule has 68 valence electrons. The zero-order valence-corrected chi connectivity index (χ0v) is 7.70. The van der Waals surface area contributed by atoms with Gasteiger partial charge in [-0.3, -0.25) is 0 Å². The van der Waals surface area contributed by atoms with Gasteiger partial charge in [-0.25, -0.2) is 0 Å². The maximum atomic E-state index is 9.64. The highest BCUT2D eigenvalue weighted by molar-refractivity contribution is 5.86. The fourth-order valence-electron chi connectivity index (χ4n) is 1.44. The van der Waals surface area contributed by atoms with Crippen LogP contribution in [0.25, 0.3) is 10.9 Å². The average Bonchev–Trinajstić information content (AvgIpc) is 2.48. The van der Waals surface area contributed by atoms with E-state index in [9.17, 15) is 5.11 Å². The van der Waals surface area contributed by atoms with Crippen molar-refractivity contribution in [1.29, 1.82) is 0 Å². The van der Waals surface area contributed by atoms with Crippen LogP contribution in [-0.4, -0.2) is 24.2 Å². The molecule has 2 rings (SSSR count). The number of fused-ring (bicyclic) bond motifs is 1. The van der Waals surface area contributed by atoms with Crippen LogP contribution in [-0.2, 0) is 0 Å². The van der Waals surface area contributed by atoms with E-state index in [1.54, 1.807) is 6.07 Å². The van der Waals surface area contributed by atoms with E-state index in [0.29, 0.717) is 5.75 Å². The highest BCUT2D eigenvalue weighted by atomic mass is 16.3. The minimum Gasteiger partial charge on any atom is -0.506 e. The summed E-state index contributed by atoms with van der Waals surface area (Å²) >= 11 is 0. The molecule has 0 aliphatic carbocycles. The number of phenols is 1. The number of hydrogen-bond acceptors (Lipinski definition) is 2. The summed E-state index contributed by atoms with van der Waals surface area (Å²) in [6.07, 6.45) is 1.86. The number of H-pyrrole nitrogens is 1. The Balaban J connectivity index is 2.69. The van der Waals surface area contributed by atoms with Gasteiger partial charge in [0.1, 0.15) is 5.75 Å². The average molecular weight is 176 g/mol. The number of aromatic amines is 1. The number of phenolic OH excluding ortho intramolecular Hbond substituents is 1. The maximum absolute atomic E-state index is 9.64. The van der Waals surface area contributed by atoms with Gasteiger partial charge < -0.3 is 15.0 Å². The van der Waals surface area contributed by atoms with Crippen molar-refractivity contribution in [1.82, 2.24) is 4.98 Å². The van der Waals surface area contributed by atoms with Gasteiger partial charge in [-0.05, 0) is 18.2 Å². The molecule has 2 N–H and O–H groups in total. The molecule has 0 aliphatic rings. The summed E-state index contributed by atoms with van der Waals surface area (Å²) in [5, 5.41) is 10.7. The van der Waals surface area contributed by atoms with Gasteiger partial charge in [-0.1, -0.05) is 0 Å². The zero-order valence-electron chi connectivity index (χ0n) is 7.70. The van der Waals surface area contributed by atoms with E-state index < -0.39 is 0 Å². The molecular formula is C10H12N2O. The first-order valence-electron chi connectivity index (χ1n) is 4.16. The Hall–Kier alpha value is -1.64. The Morgan fingerprint density at radius 1 is 1.31 bits per heavy atom. The van der Waals surface area contributed by atoms with Crippen LogP contribution in [0.15, 0.2) is 24.4 Å². The van der Waals surface area contributed by atoms with E-state index in [-0.39, 0.29) is 0 Å². The van der Waals surface area contributed by atoms with Crippen LogP contribution in [0.1, 0.15) is 0 Å². The third-order valence-corrected chi connectivity index (χ3v) is 2.13. The third kappa shape index (κ3) is 1.22. The summed E-state index contributed by atoms with van der Waals surface area (Å²) in [6.45, 7) is 0. The molecule has 0 fully saturated rings. The smallest absolute Gasteiger partial charge is 0.139 e. The molecule has 0 aliphatic heterocycles. The molecule has 1 aromatic heterocycles. The van der Waals surface area contributed by atoms with Crippen molar-refractivity contribution in [3.63, 3.8) is 0 Å². The monoisotopic (exact) mass is 176 g/mol. The first-order valence-corrected chi connectivity index (χ1v) is 4.16. The topological polar surface area (TPSA) is 39.3 Å². The van der Waals surface area contributed by atoms with Crippen molar-refractivity contribution >= 4 is 16.6 Å². The number of aromatic nitrogens is 1. The van der Waals surface area contributed by atoms with E-state index in [0.717, 1.165) is 16.6 Å². The van der Waals surface area contributed by atoms with Crippen molar-refractivity contribution in [2.75, 3.05) is 19.0 Å². The molecule has 2 aromatic rings.